The summed E-state index contributed by atoms with van der Waals surface area (Å²) in [5.74, 6) is -1.04. The predicted octanol–water partition coefficient (Wildman–Crippen LogP) is 3.92. The number of aromatic nitrogens is 1. The Balaban J connectivity index is 1.79. The molecular formula is C21H19ClFN3O5. The van der Waals surface area contributed by atoms with Crippen LogP contribution < -0.4 is 20.3 Å². The molecule has 1 aromatic heterocycles. The molecule has 2 N–H and O–H groups in total. The van der Waals surface area contributed by atoms with Crippen LogP contribution in [-0.2, 0) is 0 Å². The third kappa shape index (κ3) is 4.61. The Morgan fingerprint density at radius 3 is 2.58 bits per heavy atom. The number of methoxy groups -OCH3 is 1. The Kier molecular flexibility index (Phi) is 6.76. The molecule has 31 heavy (non-hydrogen) atoms. The number of halogens is 2. The van der Waals surface area contributed by atoms with Crippen LogP contribution in [0.4, 0.5) is 4.39 Å². The summed E-state index contributed by atoms with van der Waals surface area (Å²) in [4.78, 5) is 25.2. The van der Waals surface area contributed by atoms with Gasteiger partial charge in [-0.2, -0.15) is 0 Å². The van der Waals surface area contributed by atoms with E-state index in [0.717, 1.165) is 0 Å². The second kappa shape index (κ2) is 9.48. The highest BCUT2D eigenvalue weighted by molar-refractivity contribution is 6.33. The van der Waals surface area contributed by atoms with Gasteiger partial charge >= 0.3 is 0 Å². The van der Waals surface area contributed by atoms with Crippen molar-refractivity contribution in [2.75, 3.05) is 13.7 Å². The van der Waals surface area contributed by atoms with Crippen LogP contribution >= 0.6 is 11.6 Å². The van der Waals surface area contributed by atoms with E-state index in [1.165, 1.54) is 44.4 Å². The average Bonchev–Trinajstić information content (AvgIpc) is 3.13. The van der Waals surface area contributed by atoms with Crippen molar-refractivity contribution in [3.8, 4) is 22.8 Å². The van der Waals surface area contributed by atoms with Crippen LogP contribution in [0.25, 0.3) is 11.3 Å². The molecule has 0 fully saturated rings. The maximum Gasteiger partial charge on any atom is 0.275 e. The standard InChI is InChI=1S/C21H19ClFN3O5/c1-4-30-15-9-8-12(10-16(15)29-3)20(27)24-25-21(28)17-11(2)31-26-19(17)18-13(22)6-5-7-14(18)23/h5-10H,4H2,1-3H3,(H,24,27)(H,25,28). The van der Waals surface area contributed by atoms with E-state index in [-0.39, 0.29) is 33.2 Å². The highest BCUT2D eigenvalue weighted by Gasteiger charge is 2.26. The van der Waals surface area contributed by atoms with E-state index in [1.54, 1.807) is 6.07 Å². The fourth-order valence-corrected chi connectivity index (χ4v) is 3.12. The minimum atomic E-state index is -0.751. The molecule has 2 aromatic carbocycles. The van der Waals surface area contributed by atoms with Gasteiger partial charge in [0.25, 0.3) is 11.8 Å². The summed E-state index contributed by atoms with van der Waals surface area (Å²) < 4.78 is 30.0. The van der Waals surface area contributed by atoms with Gasteiger partial charge in [0.1, 0.15) is 22.8 Å². The molecule has 3 rings (SSSR count). The molecule has 0 saturated heterocycles. The van der Waals surface area contributed by atoms with Gasteiger partial charge in [0.2, 0.25) is 0 Å². The summed E-state index contributed by atoms with van der Waals surface area (Å²) in [5.41, 5.74) is 4.58. The fourth-order valence-electron chi connectivity index (χ4n) is 2.87. The average molecular weight is 448 g/mol. The molecule has 0 bridgehead atoms. The molecule has 2 amide bonds. The second-order valence-electron chi connectivity index (χ2n) is 6.27. The molecule has 0 aliphatic heterocycles. The van der Waals surface area contributed by atoms with Crippen molar-refractivity contribution < 1.29 is 28.0 Å². The van der Waals surface area contributed by atoms with Gasteiger partial charge in [0, 0.05) is 5.56 Å². The zero-order valence-electron chi connectivity index (χ0n) is 16.9. The van der Waals surface area contributed by atoms with E-state index in [9.17, 15) is 14.0 Å². The molecule has 0 aliphatic carbocycles. The van der Waals surface area contributed by atoms with Crippen molar-refractivity contribution in [1.29, 1.82) is 0 Å². The van der Waals surface area contributed by atoms with Gasteiger partial charge < -0.3 is 14.0 Å². The topological polar surface area (TPSA) is 103 Å². The zero-order chi connectivity index (χ0) is 22.5. The van der Waals surface area contributed by atoms with Crippen LogP contribution in [0.3, 0.4) is 0 Å². The summed E-state index contributed by atoms with van der Waals surface area (Å²) in [7, 11) is 1.45. The maximum absolute atomic E-state index is 14.3. The number of rotatable bonds is 6. The first-order chi connectivity index (χ1) is 14.9. The van der Waals surface area contributed by atoms with E-state index in [4.69, 9.17) is 25.6 Å². The number of ether oxygens (including phenoxy) is 2. The van der Waals surface area contributed by atoms with E-state index < -0.39 is 17.6 Å². The third-order valence-corrected chi connectivity index (χ3v) is 4.62. The lowest BCUT2D eigenvalue weighted by Crippen LogP contribution is -2.41. The van der Waals surface area contributed by atoms with Crippen molar-refractivity contribution in [2.24, 2.45) is 0 Å². The Hall–Kier alpha value is -3.59. The summed E-state index contributed by atoms with van der Waals surface area (Å²) in [6.07, 6.45) is 0. The molecule has 8 nitrogen and oxygen atoms in total. The van der Waals surface area contributed by atoms with Gasteiger partial charge in [-0.05, 0) is 44.2 Å². The van der Waals surface area contributed by atoms with Crippen LogP contribution in [0.15, 0.2) is 40.9 Å². The lowest BCUT2D eigenvalue weighted by Gasteiger charge is -2.12. The molecule has 162 valence electrons. The number of hydrogen-bond donors (Lipinski definition) is 2. The smallest absolute Gasteiger partial charge is 0.275 e. The van der Waals surface area contributed by atoms with Crippen molar-refractivity contribution in [3.05, 3.63) is 64.1 Å². The molecule has 0 saturated carbocycles. The minimum absolute atomic E-state index is 0.0587. The molecule has 10 heteroatoms. The van der Waals surface area contributed by atoms with Crippen LogP contribution in [0, 0.1) is 12.7 Å². The van der Waals surface area contributed by atoms with Gasteiger partial charge in [0.15, 0.2) is 11.5 Å². The molecule has 0 unspecified atom stereocenters. The largest absolute Gasteiger partial charge is 0.493 e. The Morgan fingerprint density at radius 1 is 1.16 bits per heavy atom. The predicted molar refractivity (Wildman–Crippen MR) is 111 cm³/mol. The first-order valence-corrected chi connectivity index (χ1v) is 9.57. The van der Waals surface area contributed by atoms with Gasteiger partial charge in [-0.3, -0.25) is 20.4 Å². The highest BCUT2D eigenvalue weighted by atomic mass is 35.5. The van der Waals surface area contributed by atoms with Crippen LogP contribution in [-0.4, -0.2) is 30.7 Å². The number of nitrogens with one attached hydrogen (secondary N) is 2. The monoisotopic (exact) mass is 447 g/mol. The normalized spacial score (nSPS) is 10.5. The minimum Gasteiger partial charge on any atom is -0.493 e. The van der Waals surface area contributed by atoms with Crippen LogP contribution in [0.2, 0.25) is 5.02 Å². The molecular weight excluding hydrogens is 429 g/mol. The van der Waals surface area contributed by atoms with Gasteiger partial charge in [-0.15, -0.1) is 0 Å². The number of carbonyl (C=O) groups is 2. The first-order valence-electron chi connectivity index (χ1n) is 9.19. The van der Waals surface area contributed by atoms with Gasteiger partial charge in [-0.1, -0.05) is 22.8 Å². The number of hydrogen-bond acceptors (Lipinski definition) is 6. The van der Waals surface area contributed by atoms with E-state index in [2.05, 4.69) is 16.0 Å². The Bertz CT molecular complexity index is 1110. The second-order valence-corrected chi connectivity index (χ2v) is 6.67. The lowest BCUT2D eigenvalue weighted by atomic mass is 10.1. The molecule has 0 aliphatic rings. The maximum atomic E-state index is 14.3. The molecule has 0 spiro atoms. The van der Waals surface area contributed by atoms with Crippen molar-refractivity contribution in [1.82, 2.24) is 16.0 Å². The van der Waals surface area contributed by atoms with Crippen molar-refractivity contribution >= 4 is 23.4 Å². The van der Waals surface area contributed by atoms with Crippen molar-refractivity contribution in [2.45, 2.75) is 13.8 Å². The molecule has 0 radical (unpaired) electrons. The van der Waals surface area contributed by atoms with Crippen molar-refractivity contribution in [3.63, 3.8) is 0 Å². The zero-order valence-corrected chi connectivity index (χ0v) is 17.7. The number of aryl methyl sites for hydroxylation is 1. The lowest BCUT2D eigenvalue weighted by molar-refractivity contribution is 0.0846. The number of carbonyl (C=O) groups excluding carboxylic acids is 2. The van der Waals surface area contributed by atoms with E-state index in [1.807, 2.05) is 6.92 Å². The van der Waals surface area contributed by atoms with Crippen LogP contribution in [0.5, 0.6) is 11.5 Å². The number of amides is 2. The molecule has 1 heterocycles. The number of nitrogens with zero attached hydrogens (tertiary/aromatic N) is 1. The van der Waals surface area contributed by atoms with Crippen LogP contribution in [0.1, 0.15) is 33.4 Å². The summed E-state index contributed by atoms with van der Waals surface area (Å²) in [5, 5.41) is 3.82. The van der Waals surface area contributed by atoms with Gasteiger partial charge in [-0.25, -0.2) is 4.39 Å². The Labute approximate surface area is 182 Å². The van der Waals surface area contributed by atoms with Gasteiger partial charge in [0.05, 0.1) is 24.3 Å². The fraction of sp³-hybridized carbons (Fsp3) is 0.190. The number of hydrazine groups is 1. The van der Waals surface area contributed by atoms with E-state index in [0.29, 0.717) is 18.1 Å². The summed E-state index contributed by atoms with van der Waals surface area (Å²) >= 11 is 6.08. The number of benzene rings is 2. The first kappa shape index (κ1) is 22.1. The third-order valence-electron chi connectivity index (χ3n) is 4.30. The Morgan fingerprint density at radius 2 is 1.90 bits per heavy atom. The molecule has 0 atom stereocenters. The van der Waals surface area contributed by atoms with E-state index >= 15 is 0 Å². The highest BCUT2D eigenvalue weighted by Crippen LogP contribution is 2.33. The molecule has 3 aromatic rings. The summed E-state index contributed by atoms with van der Waals surface area (Å²) in [6.45, 7) is 3.74. The quantitative estimate of drug-likeness (QED) is 0.555. The summed E-state index contributed by atoms with van der Waals surface area (Å²) in [6, 6.07) is 8.66. The SMILES string of the molecule is CCOc1ccc(C(=O)NNC(=O)c2c(-c3c(F)cccc3Cl)noc2C)cc1OC.